The van der Waals surface area contributed by atoms with Crippen LogP contribution in [0.25, 0.3) is 0 Å². The van der Waals surface area contributed by atoms with Crippen molar-refractivity contribution in [1.29, 1.82) is 0 Å². The van der Waals surface area contributed by atoms with E-state index in [1.54, 1.807) is 34.1 Å². The minimum atomic E-state index is -1.95. The first-order valence-corrected chi connectivity index (χ1v) is 26.7. The molecule has 1 amide bonds. The Morgan fingerprint density at radius 3 is 2.22 bits per heavy atom. The number of hydrogen-bond acceptors (Lipinski definition) is 14. The average molecular weight is 1010 g/mol. The number of amides is 1. The monoisotopic (exact) mass is 1010 g/mol. The zero-order chi connectivity index (χ0) is 53.5. The summed E-state index contributed by atoms with van der Waals surface area (Å²) < 4.78 is 43.1. The molecule has 3 heterocycles. The van der Waals surface area contributed by atoms with Crippen LogP contribution in [0.1, 0.15) is 146 Å². The molecule has 1 aliphatic carbocycles. The first-order chi connectivity index (χ1) is 34.0. The summed E-state index contributed by atoms with van der Waals surface area (Å²) in [5, 5.41) is 20.9. The third-order valence-electron chi connectivity index (χ3n) is 15.3. The van der Waals surface area contributed by atoms with Crippen LogP contribution in [0.4, 0.5) is 0 Å². The van der Waals surface area contributed by atoms with E-state index in [0.29, 0.717) is 63.4 Å². The molecule has 0 aromatic rings. The van der Waals surface area contributed by atoms with Crippen molar-refractivity contribution in [3.8, 4) is 0 Å². The number of ether oxygens (including phenoxy) is 7. The van der Waals surface area contributed by atoms with E-state index in [0.717, 1.165) is 12.0 Å². The topological polar surface area (TPSA) is 194 Å². The molecule has 2 saturated heterocycles. The summed E-state index contributed by atoms with van der Waals surface area (Å²) in [6.45, 7) is 18.7. The maximum atomic E-state index is 15.0. The normalized spacial score (nSPS) is 36.7. The maximum Gasteiger partial charge on any atom is 0.329 e. The SMILES string of the molecule is CO[C@H]1C[C@@H]2CC[C@@H](C)[C@@](OC(C)(C)C)(O2)C(=O)C(=O)N2CCCC[C@H]2C(=O)O[C@H]([C@H](C)C[C@@H]2CC[C@@H](OCCO)[C@H](OC)C2)CC(=O)[C@H](C)/C=C(\C)[C@@H](O)[C@@H](OC)C(=O)[C@H](C)C[C@H](C)/C=C/C=CC=C1C. The summed E-state index contributed by atoms with van der Waals surface area (Å²) >= 11 is 0. The van der Waals surface area contributed by atoms with Gasteiger partial charge in [-0.3, -0.25) is 19.2 Å². The fraction of sp³-hybridized carbons (Fsp3) is 0.772. The van der Waals surface area contributed by atoms with Crippen molar-refractivity contribution in [1.82, 2.24) is 4.90 Å². The van der Waals surface area contributed by atoms with E-state index in [1.165, 1.54) is 12.0 Å². The van der Waals surface area contributed by atoms with Crippen molar-refractivity contribution < 1.29 is 67.3 Å². The largest absolute Gasteiger partial charge is 0.460 e. The van der Waals surface area contributed by atoms with Gasteiger partial charge in [-0.1, -0.05) is 71.1 Å². The highest BCUT2D eigenvalue weighted by molar-refractivity contribution is 6.39. The number of methoxy groups -OCH3 is 3. The Morgan fingerprint density at radius 1 is 0.847 bits per heavy atom. The molecule has 3 aliphatic heterocycles. The number of nitrogens with zero attached hydrogens (tertiary/aromatic N) is 1. The van der Waals surface area contributed by atoms with Gasteiger partial charge in [0.1, 0.15) is 30.1 Å². The van der Waals surface area contributed by atoms with Gasteiger partial charge in [-0.25, -0.2) is 4.79 Å². The molecule has 2 bridgehead atoms. The van der Waals surface area contributed by atoms with E-state index >= 15 is 4.79 Å². The number of piperidine rings is 1. The van der Waals surface area contributed by atoms with Gasteiger partial charge in [0.2, 0.25) is 5.79 Å². The van der Waals surface area contributed by atoms with Gasteiger partial charge in [-0.05, 0) is 128 Å². The molecule has 2 N–H and O–H groups in total. The standard InChI is InChI=1S/C57H91NO14/c1-35-19-15-14-16-20-36(2)47(66-11)33-43-24-22-41(7)57(71-43,72-56(8,9)10)53(63)54(64)58-26-18-17-21-44(58)55(65)70-48(38(4)31-42-23-25-46(69-28-27-59)49(32-42)67-12)34-45(60)37(3)30-40(6)51(62)52(68-13)50(61)39(5)29-35/h14-16,19-20,30,35,37-39,41-44,46-49,51-52,59,62H,17-18,21-29,31-34H2,1-13H3/b16-14?,19-15+,36-20?,40-30+/t35-,37-,38-,39-,41-,42+,43+,44+,46-,47+,48+,49-,51-,52+,57+/m1/s1. The van der Waals surface area contributed by atoms with Gasteiger partial charge in [-0.2, -0.15) is 0 Å². The zero-order valence-corrected chi connectivity index (χ0v) is 45.9. The summed E-state index contributed by atoms with van der Waals surface area (Å²) in [5.74, 6) is -6.76. The summed E-state index contributed by atoms with van der Waals surface area (Å²) in [5.41, 5.74) is 0.421. The molecule has 15 heteroatoms. The second kappa shape index (κ2) is 28.5. The number of allylic oxidation sites excluding steroid dienone is 6. The van der Waals surface area contributed by atoms with Crippen LogP contribution in [0.3, 0.4) is 0 Å². The number of esters is 1. The molecule has 0 aromatic heterocycles. The zero-order valence-electron chi connectivity index (χ0n) is 45.9. The molecular formula is C57H91NO14. The first-order valence-electron chi connectivity index (χ1n) is 26.7. The molecule has 1 saturated carbocycles. The van der Waals surface area contributed by atoms with E-state index in [2.05, 4.69) is 0 Å². The maximum absolute atomic E-state index is 15.0. The lowest BCUT2D eigenvalue weighted by molar-refractivity contribution is -0.314. The van der Waals surface area contributed by atoms with Crippen LogP contribution in [-0.2, 0) is 57.1 Å². The Balaban J connectivity index is 1.76. The minimum absolute atomic E-state index is 0.0221. The van der Waals surface area contributed by atoms with Crippen molar-refractivity contribution >= 4 is 29.2 Å². The molecule has 15 nitrogen and oxygen atoms in total. The molecule has 72 heavy (non-hydrogen) atoms. The van der Waals surface area contributed by atoms with Crippen LogP contribution in [0.15, 0.2) is 47.6 Å². The van der Waals surface area contributed by atoms with Crippen LogP contribution in [0, 0.1) is 35.5 Å². The average Bonchev–Trinajstić information content (AvgIpc) is 3.34. The highest BCUT2D eigenvalue weighted by Gasteiger charge is 2.57. The molecule has 15 atom stereocenters. The van der Waals surface area contributed by atoms with Gasteiger partial charge in [0.25, 0.3) is 11.7 Å². The predicted molar refractivity (Wildman–Crippen MR) is 275 cm³/mol. The van der Waals surface area contributed by atoms with Crippen LogP contribution in [-0.4, -0.2) is 146 Å². The Bertz CT molecular complexity index is 1920. The van der Waals surface area contributed by atoms with E-state index < -0.39 is 77.3 Å². The number of aliphatic hydroxyl groups is 2. The lowest BCUT2D eigenvalue weighted by atomic mass is 9.78. The number of rotatable bonds is 10. The van der Waals surface area contributed by atoms with E-state index in [4.69, 9.17) is 33.2 Å². The fourth-order valence-corrected chi connectivity index (χ4v) is 11.1. The predicted octanol–water partition coefficient (Wildman–Crippen LogP) is 8.02. The van der Waals surface area contributed by atoms with Gasteiger partial charge >= 0.3 is 5.97 Å². The smallest absolute Gasteiger partial charge is 0.329 e. The van der Waals surface area contributed by atoms with Gasteiger partial charge < -0.3 is 48.3 Å². The fourth-order valence-electron chi connectivity index (χ4n) is 11.1. The lowest BCUT2D eigenvalue weighted by Gasteiger charge is -2.48. The van der Waals surface area contributed by atoms with Gasteiger partial charge in [0.15, 0.2) is 5.78 Å². The van der Waals surface area contributed by atoms with Crippen molar-refractivity contribution in [3.63, 3.8) is 0 Å². The minimum Gasteiger partial charge on any atom is -0.460 e. The Hall–Kier alpha value is -3.41. The molecule has 0 radical (unpaired) electrons. The number of cyclic esters (lactones) is 1. The molecule has 408 valence electrons. The lowest BCUT2D eigenvalue weighted by Crippen LogP contribution is -2.63. The quantitative estimate of drug-likeness (QED) is 0.121. The first kappa shape index (κ1) is 61.1. The molecule has 4 rings (SSSR count). The Labute approximate surface area is 430 Å². The molecule has 3 fully saturated rings. The third-order valence-corrected chi connectivity index (χ3v) is 15.3. The van der Waals surface area contributed by atoms with Gasteiger partial charge in [-0.15, -0.1) is 0 Å². The van der Waals surface area contributed by atoms with Crippen molar-refractivity contribution in [2.24, 2.45) is 35.5 Å². The number of aliphatic hydroxyl groups excluding tert-OH is 2. The van der Waals surface area contributed by atoms with Crippen LogP contribution in [0.5, 0.6) is 0 Å². The van der Waals surface area contributed by atoms with Crippen LogP contribution >= 0.6 is 0 Å². The molecular weight excluding hydrogens is 923 g/mol. The third kappa shape index (κ3) is 16.8. The van der Waals surface area contributed by atoms with E-state index in [9.17, 15) is 29.4 Å². The number of Topliss-reactive ketones (excluding diaryl/α,β-unsaturated/α-hetero) is 3. The van der Waals surface area contributed by atoms with E-state index in [-0.39, 0.29) is 80.2 Å². The Morgan fingerprint density at radius 2 is 1.57 bits per heavy atom. The van der Waals surface area contributed by atoms with Crippen molar-refractivity contribution in [2.75, 3.05) is 41.1 Å². The Kier molecular flexibility index (Phi) is 24.2. The van der Waals surface area contributed by atoms with Crippen LogP contribution < -0.4 is 0 Å². The van der Waals surface area contributed by atoms with Crippen molar-refractivity contribution in [3.05, 3.63) is 47.6 Å². The van der Waals surface area contributed by atoms with E-state index in [1.807, 2.05) is 85.8 Å². The molecule has 0 unspecified atom stereocenters. The summed E-state index contributed by atoms with van der Waals surface area (Å²) in [4.78, 5) is 74.1. The second-order valence-electron chi connectivity index (χ2n) is 22.3. The van der Waals surface area contributed by atoms with Crippen molar-refractivity contribution in [2.45, 2.75) is 206 Å². The number of carbonyl (C=O) groups excluding carboxylic acids is 5. The highest BCUT2D eigenvalue weighted by atomic mass is 16.7. The summed E-state index contributed by atoms with van der Waals surface area (Å²) in [6.07, 6.45) is 12.8. The van der Waals surface area contributed by atoms with Gasteiger partial charge in [0.05, 0.1) is 43.2 Å². The second-order valence-corrected chi connectivity index (χ2v) is 22.3. The summed E-state index contributed by atoms with van der Waals surface area (Å²) in [7, 11) is 4.65. The number of hydrogen-bond donors (Lipinski definition) is 2. The number of ketones is 3. The molecule has 0 spiro atoms. The highest BCUT2D eigenvalue weighted by Crippen LogP contribution is 2.42. The molecule has 0 aromatic carbocycles. The van der Waals surface area contributed by atoms with Crippen LogP contribution in [0.2, 0.25) is 0 Å². The molecule has 4 aliphatic rings. The number of carbonyl (C=O) groups is 5. The summed E-state index contributed by atoms with van der Waals surface area (Å²) in [6, 6.07) is -1.11. The van der Waals surface area contributed by atoms with Gasteiger partial charge in [0, 0.05) is 58.5 Å². The number of fused-ring (bicyclic) bond motifs is 3.